The van der Waals surface area contributed by atoms with Gasteiger partial charge in [-0.15, -0.1) is 0 Å². The lowest BCUT2D eigenvalue weighted by Crippen LogP contribution is -2.33. The smallest absolute Gasteiger partial charge is 0.251 e. The molecule has 4 nitrogen and oxygen atoms in total. The average Bonchev–Trinajstić information content (AvgIpc) is 2.71. The Morgan fingerprint density at radius 1 is 0.962 bits per heavy atom. The number of hydrogen-bond acceptors (Lipinski definition) is 3. The maximum absolute atomic E-state index is 12.2. The first-order valence-corrected chi connectivity index (χ1v) is 9.58. The molecule has 3 rings (SSSR count). The van der Waals surface area contributed by atoms with Crippen LogP contribution in [0.2, 0.25) is 0 Å². The fraction of sp³-hybridized carbons (Fsp3) is 0.409. The highest BCUT2D eigenvalue weighted by molar-refractivity contribution is 5.94. The standard InChI is InChI=1S/C22H28N2O2/c25-22(23-14-7-17-24-15-5-2-6-16-24)20-12-10-19(11-13-20)18-26-21-8-3-1-4-9-21/h1,3-4,8-13H,2,5-7,14-18H2,(H,23,25). The molecule has 0 aromatic heterocycles. The molecule has 0 aliphatic carbocycles. The molecule has 26 heavy (non-hydrogen) atoms. The fourth-order valence-electron chi connectivity index (χ4n) is 3.23. The van der Waals surface area contributed by atoms with Gasteiger partial charge in [0.05, 0.1) is 0 Å². The van der Waals surface area contributed by atoms with E-state index in [0.29, 0.717) is 12.2 Å². The normalized spacial score (nSPS) is 14.8. The largest absolute Gasteiger partial charge is 0.489 e. The van der Waals surface area contributed by atoms with Crippen molar-refractivity contribution in [3.05, 3.63) is 65.7 Å². The van der Waals surface area contributed by atoms with E-state index in [1.54, 1.807) is 0 Å². The van der Waals surface area contributed by atoms with Crippen molar-refractivity contribution in [1.29, 1.82) is 0 Å². The number of hydrogen-bond donors (Lipinski definition) is 1. The summed E-state index contributed by atoms with van der Waals surface area (Å²) in [6.45, 7) is 4.73. The SMILES string of the molecule is O=C(NCCCN1CCCCC1)c1ccc(COc2ccccc2)cc1. The van der Waals surface area contributed by atoms with Gasteiger partial charge in [-0.2, -0.15) is 0 Å². The predicted octanol–water partition coefficient (Wildman–Crippen LogP) is 3.87. The van der Waals surface area contributed by atoms with Crippen LogP contribution in [0.25, 0.3) is 0 Å². The number of amides is 1. The van der Waals surface area contributed by atoms with Gasteiger partial charge in [0, 0.05) is 12.1 Å². The van der Waals surface area contributed by atoms with Crippen LogP contribution in [0.15, 0.2) is 54.6 Å². The third-order valence-electron chi connectivity index (χ3n) is 4.75. The minimum absolute atomic E-state index is 0.000767. The van der Waals surface area contributed by atoms with Crippen LogP contribution in [-0.4, -0.2) is 37.0 Å². The Hall–Kier alpha value is -2.33. The molecular weight excluding hydrogens is 324 g/mol. The van der Waals surface area contributed by atoms with Gasteiger partial charge in [0.25, 0.3) is 5.91 Å². The summed E-state index contributed by atoms with van der Waals surface area (Å²) in [6.07, 6.45) is 4.99. The van der Waals surface area contributed by atoms with E-state index in [-0.39, 0.29) is 5.91 Å². The minimum atomic E-state index is -0.000767. The predicted molar refractivity (Wildman–Crippen MR) is 104 cm³/mol. The number of likely N-dealkylation sites (tertiary alicyclic amines) is 1. The van der Waals surface area contributed by atoms with Gasteiger partial charge in [0.15, 0.2) is 0 Å². The molecule has 2 aromatic carbocycles. The molecule has 4 heteroatoms. The fourth-order valence-corrected chi connectivity index (χ4v) is 3.23. The van der Waals surface area contributed by atoms with Crippen molar-refractivity contribution in [2.24, 2.45) is 0 Å². The van der Waals surface area contributed by atoms with Crippen molar-refractivity contribution in [2.45, 2.75) is 32.3 Å². The van der Waals surface area contributed by atoms with Crippen LogP contribution in [0.1, 0.15) is 41.6 Å². The van der Waals surface area contributed by atoms with Gasteiger partial charge in [-0.1, -0.05) is 36.8 Å². The summed E-state index contributed by atoms with van der Waals surface area (Å²) in [5.41, 5.74) is 1.75. The molecule has 0 bridgehead atoms. The molecule has 2 aromatic rings. The van der Waals surface area contributed by atoms with E-state index in [1.165, 1.54) is 32.4 Å². The zero-order valence-corrected chi connectivity index (χ0v) is 15.3. The van der Waals surface area contributed by atoms with Gasteiger partial charge in [0.2, 0.25) is 0 Å². The van der Waals surface area contributed by atoms with Crippen molar-refractivity contribution in [2.75, 3.05) is 26.2 Å². The molecule has 1 amide bonds. The Balaban J connectivity index is 1.37. The van der Waals surface area contributed by atoms with Gasteiger partial charge < -0.3 is 15.0 Å². The second-order valence-electron chi connectivity index (χ2n) is 6.81. The first kappa shape index (κ1) is 18.5. The summed E-state index contributed by atoms with van der Waals surface area (Å²) in [5, 5.41) is 3.02. The molecule has 0 spiro atoms. The van der Waals surface area contributed by atoms with Crippen molar-refractivity contribution < 1.29 is 9.53 Å². The summed E-state index contributed by atoms with van der Waals surface area (Å²) in [7, 11) is 0. The molecule has 1 fully saturated rings. The van der Waals surface area contributed by atoms with Crippen LogP contribution in [-0.2, 0) is 6.61 Å². The second-order valence-corrected chi connectivity index (χ2v) is 6.81. The molecule has 1 heterocycles. The van der Waals surface area contributed by atoms with Gasteiger partial charge >= 0.3 is 0 Å². The number of piperidine rings is 1. The second kappa shape index (κ2) is 9.97. The van der Waals surface area contributed by atoms with Gasteiger partial charge in [0.1, 0.15) is 12.4 Å². The number of carbonyl (C=O) groups excluding carboxylic acids is 1. The highest BCUT2D eigenvalue weighted by Gasteiger charge is 2.10. The van der Waals surface area contributed by atoms with E-state index in [4.69, 9.17) is 4.74 Å². The van der Waals surface area contributed by atoms with Gasteiger partial charge in [-0.05, 0) is 68.7 Å². The van der Waals surface area contributed by atoms with Crippen molar-refractivity contribution in [1.82, 2.24) is 10.2 Å². The Kier molecular flexibility index (Phi) is 7.08. The molecular formula is C22H28N2O2. The molecule has 138 valence electrons. The zero-order chi connectivity index (χ0) is 18.0. The molecule has 1 aliphatic rings. The molecule has 0 saturated carbocycles. The number of benzene rings is 2. The quantitative estimate of drug-likeness (QED) is 0.733. The summed E-state index contributed by atoms with van der Waals surface area (Å²) in [4.78, 5) is 14.7. The van der Waals surface area contributed by atoms with Crippen molar-refractivity contribution in [3.63, 3.8) is 0 Å². The van der Waals surface area contributed by atoms with Crippen LogP contribution in [0.3, 0.4) is 0 Å². The number of nitrogens with zero attached hydrogens (tertiary/aromatic N) is 1. The van der Waals surface area contributed by atoms with Crippen LogP contribution in [0.4, 0.5) is 0 Å². The lowest BCUT2D eigenvalue weighted by molar-refractivity contribution is 0.0951. The topological polar surface area (TPSA) is 41.6 Å². The Bertz CT molecular complexity index is 664. The van der Waals surface area contributed by atoms with E-state index in [1.807, 2.05) is 54.6 Å². The van der Waals surface area contributed by atoms with Crippen LogP contribution >= 0.6 is 0 Å². The Labute approximate surface area is 156 Å². The summed E-state index contributed by atoms with van der Waals surface area (Å²) >= 11 is 0. The van der Waals surface area contributed by atoms with Crippen molar-refractivity contribution in [3.8, 4) is 5.75 Å². The lowest BCUT2D eigenvalue weighted by atomic mass is 10.1. The monoisotopic (exact) mass is 352 g/mol. The van der Waals surface area contributed by atoms with Gasteiger partial charge in [-0.3, -0.25) is 4.79 Å². The number of para-hydroxylation sites is 1. The third-order valence-corrected chi connectivity index (χ3v) is 4.75. The van der Waals surface area contributed by atoms with Crippen molar-refractivity contribution >= 4 is 5.91 Å². The minimum Gasteiger partial charge on any atom is -0.489 e. The molecule has 0 radical (unpaired) electrons. The van der Waals surface area contributed by atoms with E-state index >= 15 is 0 Å². The van der Waals surface area contributed by atoms with Crippen LogP contribution < -0.4 is 10.1 Å². The first-order valence-electron chi connectivity index (χ1n) is 9.58. The number of rotatable bonds is 8. The van der Waals surface area contributed by atoms with E-state index in [0.717, 1.165) is 30.8 Å². The molecule has 0 unspecified atom stereocenters. The Morgan fingerprint density at radius 2 is 1.69 bits per heavy atom. The van der Waals surface area contributed by atoms with E-state index < -0.39 is 0 Å². The van der Waals surface area contributed by atoms with Gasteiger partial charge in [-0.25, -0.2) is 0 Å². The van der Waals surface area contributed by atoms with Crippen LogP contribution in [0, 0.1) is 0 Å². The number of carbonyl (C=O) groups is 1. The first-order chi connectivity index (χ1) is 12.8. The summed E-state index contributed by atoms with van der Waals surface area (Å²) < 4.78 is 5.72. The highest BCUT2D eigenvalue weighted by atomic mass is 16.5. The maximum Gasteiger partial charge on any atom is 0.251 e. The molecule has 0 atom stereocenters. The number of ether oxygens (including phenoxy) is 1. The third kappa shape index (κ3) is 5.88. The molecule has 1 aliphatic heterocycles. The zero-order valence-electron chi connectivity index (χ0n) is 15.3. The van der Waals surface area contributed by atoms with E-state index in [9.17, 15) is 4.79 Å². The molecule has 1 N–H and O–H groups in total. The Morgan fingerprint density at radius 3 is 2.42 bits per heavy atom. The number of nitrogens with one attached hydrogen (secondary N) is 1. The average molecular weight is 352 g/mol. The summed E-state index contributed by atoms with van der Waals surface area (Å²) in [6, 6.07) is 17.4. The highest BCUT2D eigenvalue weighted by Crippen LogP contribution is 2.12. The molecule has 1 saturated heterocycles. The van der Waals surface area contributed by atoms with E-state index in [2.05, 4.69) is 10.2 Å². The lowest BCUT2D eigenvalue weighted by Gasteiger charge is -2.26. The maximum atomic E-state index is 12.2. The summed E-state index contributed by atoms with van der Waals surface area (Å²) in [5.74, 6) is 0.849. The van der Waals surface area contributed by atoms with Crippen LogP contribution in [0.5, 0.6) is 5.75 Å².